The molecular formula is C20H26N4O3. The molecule has 2 N–H and O–H groups in total. The summed E-state index contributed by atoms with van der Waals surface area (Å²) in [5.41, 5.74) is 1.30. The number of carbonyl (C=O) groups excluding carboxylic acids is 2. The van der Waals surface area contributed by atoms with Crippen LogP contribution in [0, 0.1) is 0 Å². The average Bonchev–Trinajstić information content (AvgIpc) is 2.62. The quantitative estimate of drug-likeness (QED) is 0.746. The number of amides is 2. The van der Waals surface area contributed by atoms with Gasteiger partial charge in [0.05, 0.1) is 17.2 Å². The van der Waals surface area contributed by atoms with Crippen LogP contribution < -0.4 is 15.4 Å². The second kappa shape index (κ2) is 9.68. The molecule has 0 aliphatic carbocycles. The number of hydrogen-bond acceptors (Lipinski definition) is 5. The molecule has 0 saturated heterocycles. The number of pyridine rings is 1. The van der Waals surface area contributed by atoms with Crippen molar-refractivity contribution in [1.82, 2.24) is 15.2 Å². The highest BCUT2D eigenvalue weighted by atomic mass is 16.5. The molecular weight excluding hydrogens is 344 g/mol. The Hall–Kier alpha value is -2.93. The predicted molar refractivity (Wildman–Crippen MR) is 105 cm³/mol. The van der Waals surface area contributed by atoms with Crippen LogP contribution in [0.5, 0.6) is 5.75 Å². The van der Waals surface area contributed by atoms with Gasteiger partial charge in [-0.05, 0) is 58.3 Å². The van der Waals surface area contributed by atoms with E-state index in [-0.39, 0.29) is 17.9 Å². The number of aromatic nitrogens is 1. The Labute approximate surface area is 159 Å². The van der Waals surface area contributed by atoms with E-state index in [1.54, 1.807) is 24.3 Å². The van der Waals surface area contributed by atoms with E-state index in [0.29, 0.717) is 23.4 Å². The van der Waals surface area contributed by atoms with Crippen LogP contribution in [-0.2, 0) is 0 Å². The molecule has 2 aromatic rings. The third kappa shape index (κ3) is 6.71. The molecule has 0 fully saturated rings. The SMILES string of the molecule is CC(C)Oc1ccc(NC(=O)c2cncc(C(=O)NCCN(C)C)c2)cc1. The van der Waals surface area contributed by atoms with E-state index in [9.17, 15) is 9.59 Å². The van der Waals surface area contributed by atoms with E-state index in [0.717, 1.165) is 12.3 Å². The number of carbonyl (C=O) groups is 2. The largest absolute Gasteiger partial charge is 0.491 e. The fourth-order valence-electron chi connectivity index (χ4n) is 2.28. The zero-order chi connectivity index (χ0) is 19.8. The summed E-state index contributed by atoms with van der Waals surface area (Å²) in [5.74, 6) is 0.151. The Morgan fingerprint density at radius 1 is 1.07 bits per heavy atom. The van der Waals surface area contributed by atoms with Crippen LogP contribution in [-0.4, -0.2) is 55.0 Å². The van der Waals surface area contributed by atoms with E-state index < -0.39 is 0 Å². The molecule has 0 radical (unpaired) electrons. The molecule has 0 spiro atoms. The van der Waals surface area contributed by atoms with Gasteiger partial charge in [0.15, 0.2) is 0 Å². The van der Waals surface area contributed by atoms with Crippen LogP contribution in [0.1, 0.15) is 34.6 Å². The molecule has 1 aromatic heterocycles. The van der Waals surface area contributed by atoms with Gasteiger partial charge in [0.1, 0.15) is 5.75 Å². The molecule has 0 atom stereocenters. The molecule has 1 aromatic carbocycles. The van der Waals surface area contributed by atoms with Gasteiger partial charge in [-0.15, -0.1) is 0 Å². The zero-order valence-electron chi connectivity index (χ0n) is 16.2. The van der Waals surface area contributed by atoms with Crippen LogP contribution >= 0.6 is 0 Å². The van der Waals surface area contributed by atoms with Crippen LogP contribution in [0.3, 0.4) is 0 Å². The first-order valence-corrected chi connectivity index (χ1v) is 8.81. The monoisotopic (exact) mass is 370 g/mol. The van der Waals surface area contributed by atoms with Crippen molar-refractivity contribution in [2.24, 2.45) is 0 Å². The smallest absolute Gasteiger partial charge is 0.257 e. The van der Waals surface area contributed by atoms with E-state index in [1.807, 2.05) is 32.8 Å². The highest BCUT2D eigenvalue weighted by molar-refractivity contribution is 6.05. The van der Waals surface area contributed by atoms with Gasteiger partial charge in [0.25, 0.3) is 11.8 Å². The maximum absolute atomic E-state index is 12.4. The van der Waals surface area contributed by atoms with Gasteiger partial charge < -0.3 is 20.3 Å². The van der Waals surface area contributed by atoms with E-state index in [2.05, 4.69) is 15.6 Å². The first-order valence-electron chi connectivity index (χ1n) is 8.81. The van der Waals surface area contributed by atoms with Gasteiger partial charge in [-0.2, -0.15) is 0 Å². The summed E-state index contributed by atoms with van der Waals surface area (Å²) in [7, 11) is 3.86. The van der Waals surface area contributed by atoms with Crippen LogP contribution in [0.25, 0.3) is 0 Å². The standard InChI is InChI=1S/C20H26N4O3/c1-14(2)27-18-7-5-17(6-8-18)23-20(26)16-11-15(12-21-13-16)19(25)22-9-10-24(3)4/h5-8,11-14H,9-10H2,1-4H3,(H,22,25)(H,23,26). The second-order valence-electron chi connectivity index (χ2n) is 6.67. The molecule has 2 rings (SSSR count). The summed E-state index contributed by atoms with van der Waals surface area (Å²) in [6, 6.07) is 8.65. The van der Waals surface area contributed by atoms with Crippen molar-refractivity contribution in [3.05, 3.63) is 53.9 Å². The molecule has 1 heterocycles. The van der Waals surface area contributed by atoms with Gasteiger partial charge in [-0.1, -0.05) is 0 Å². The van der Waals surface area contributed by atoms with Crippen molar-refractivity contribution in [2.75, 3.05) is 32.5 Å². The van der Waals surface area contributed by atoms with Crippen LogP contribution in [0.2, 0.25) is 0 Å². The van der Waals surface area contributed by atoms with Crippen LogP contribution in [0.4, 0.5) is 5.69 Å². The Morgan fingerprint density at radius 3 is 2.30 bits per heavy atom. The zero-order valence-corrected chi connectivity index (χ0v) is 16.2. The number of benzene rings is 1. The molecule has 2 amide bonds. The van der Waals surface area contributed by atoms with Crippen molar-refractivity contribution in [2.45, 2.75) is 20.0 Å². The Morgan fingerprint density at radius 2 is 1.70 bits per heavy atom. The van der Waals surface area contributed by atoms with Crippen LogP contribution in [0.15, 0.2) is 42.7 Å². The molecule has 27 heavy (non-hydrogen) atoms. The number of hydrogen-bond donors (Lipinski definition) is 2. The van der Waals surface area contributed by atoms with Gasteiger partial charge in [0.2, 0.25) is 0 Å². The van der Waals surface area contributed by atoms with Crippen molar-refractivity contribution in [1.29, 1.82) is 0 Å². The fourth-order valence-corrected chi connectivity index (χ4v) is 2.28. The number of rotatable bonds is 8. The molecule has 0 aliphatic rings. The van der Waals surface area contributed by atoms with E-state index in [1.165, 1.54) is 18.5 Å². The average molecular weight is 370 g/mol. The van der Waals surface area contributed by atoms with Gasteiger partial charge in [-0.25, -0.2) is 0 Å². The van der Waals surface area contributed by atoms with Crippen molar-refractivity contribution in [3.63, 3.8) is 0 Å². The van der Waals surface area contributed by atoms with E-state index >= 15 is 0 Å². The van der Waals surface area contributed by atoms with Gasteiger partial charge in [-0.3, -0.25) is 14.6 Å². The maximum Gasteiger partial charge on any atom is 0.257 e. The Balaban J connectivity index is 1.99. The highest BCUT2D eigenvalue weighted by Crippen LogP contribution is 2.17. The second-order valence-corrected chi connectivity index (χ2v) is 6.67. The third-order valence-corrected chi connectivity index (χ3v) is 3.59. The summed E-state index contributed by atoms with van der Waals surface area (Å²) in [5, 5.41) is 5.59. The Bertz CT molecular complexity index is 773. The summed E-state index contributed by atoms with van der Waals surface area (Å²) in [6.45, 7) is 5.15. The van der Waals surface area contributed by atoms with Crippen molar-refractivity contribution >= 4 is 17.5 Å². The topological polar surface area (TPSA) is 83.6 Å². The summed E-state index contributed by atoms with van der Waals surface area (Å²) >= 11 is 0. The lowest BCUT2D eigenvalue weighted by molar-refractivity contribution is 0.0950. The summed E-state index contributed by atoms with van der Waals surface area (Å²) in [6.07, 6.45) is 2.96. The molecule has 0 aliphatic heterocycles. The third-order valence-electron chi connectivity index (χ3n) is 3.59. The first-order chi connectivity index (χ1) is 12.8. The summed E-state index contributed by atoms with van der Waals surface area (Å²) < 4.78 is 5.58. The molecule has 7 heteroatoms. The molecule has 0 unspecified atom stereocenters. The number of nitrogens with zero attached hydrogens (tertiary/aromatic N) is 2. The van der Waals surface area contributed by atoms with Crippen molar-refractivity contribution < 1.29 is 14.3 Å². The predicted octanol–water partition coefficient (Wildman–Crippen LogP) is 2.41. The lowest BCUT2D eigenvalue weighted by atomic mass is 10.2. The minimum atomic E-state index is -0.331. The lowest BCUT2D eigenvalue weighted by Crippen LogP contribution is -2.31. The molecule has 0 bridgehead atoms. The summed E-state index contributed by atoms with van der Waals surface area (Å²) in [4.78, 5) is 30.6. The normalized spacial score (nSPS) is 10.7. The minimum Gasteiger partial charge on any atom is -0.491 e. The van der Waals surface area contributed by atoms with Crippen molar-refractivity contribution in [3.8, 4) is 5.75 Å². The lowest BCUT2D eigenvalue weighted by Gasteiger charge is -2.11. The van der Waals surface area contributed by atoms with E-state index in [4.69, 9.17) is 4.74 Å². The maximum atomic E-state index is 12.4. The fraction of sp³-hybridized carbons (Fsp3) is 0.350. The first kappa shape index (κ1) is 20.4. The number of anilines is 1. The molecule has 144 valence electrons. The molecule has 0 saturated carbocycles. The van der Waals surface area contributed by atoms with Gasteiger partial charge in [0, 0.05) is 31.2 Å². The Kier molecular flexibility index (Phi) is 7.31. The highest BCUT2D eigenvalue weighted by Gasteiger charge is 2.12. The number of likely N-dealkylation sites (N-methyl/N-ethyl adjacent to an activating group) is 1. The number of nitrogens with one attached hydrogen (secondary N) is 2. The van der Waals surface area contributed by atoms with Gasteiger partial charge >= 0.3 is 0 Å². The number of ether oxygens (including phenoxy) is 1. The minimum absolute atomic E-state index is 0.0862. The molecule has 7 nitrogen and oxygen atoms in total.